The van der Waals surface area contributed by atoms with E-state index >= 15 is 0 Å². The molecule has 0 atom stereocenters. The van der Waals surface area contributed by atoms with E-state index in [-0.39, 0.29) is 23.4 Å². The highest BCUT2D eigenvalue weighted by atomic mass is 19.1. The van der Waals surface area contributed by atoms with Gasteiger partial charge in [-0.25, -0.2) is 9.18 Å². The van der Waals surface area contributed by atoms with Crippen LogP contribution >= 0.6 is 0 Å². The molecule has 2 N–H and O–H groups in total. The van der Waals surface area contributed by atoms with Crippen LogP contribution in [0, 0.1) is 12.7 Å². The summed E-state index contributed by atoms with van der Waals surface area (Å²) in [4.78, 5) is 11.3. The van der Waals surface area contributed by atoms with Gasteiger partial charge in [0.25, 0.3) is 0 Å². The third-order valence-corrected chi connectivity index (χ3v) is 1.86. The summed E-state index contributed by atoms with van der Waals surface area (Å²) in [7, 11) is 0. The molecule has 4 heteroatoms. The van der Waals surface area contributed by atoms with Crippen LogP contribution in [0.3, 0.4) is 0 Å². The lowest BCUT2D eigenvalue weighted by Crippen LogP contribution is -2.08. The van der Waals surface area contributed by atoms with E-state index in [0.717, 1.165) is 0 Å². The predicted octanol–water partition coefficient (Wildman–Crippen LogP) is 1.89. The van der Waals surface area contributed by atoms with E-state index in [0.29, 0.717) is 0 Å². The van der Waals surface area contributed by atoms with E-state index in [1.54, 1.807) is 6.92 Å². The Morgan fingerprint density at radius 3 is 2.79 bits per heavy atom. The molecule has 0 amide bonds. The molecule has 76 valence electrons. The van der Waals surface area contributed by atoms with E-state index in [4.69, 9.17) is 10.5 Å². The Hall–Kier alpha value is -1.58. The molecule has 1 aromatic carbocycles. The van der Waals surface area contributed by atoms with E-state index in [1.165, 1.54) is 19.1 Å². The van der Waals surface area contributed by atoms with Crippen molar-refractivity contribution >= 4 is 11.7 Å². The molecule has 0 radical (unpaired) electrons. The van der Waals surface area contributed by atoms with Gasteiger partial charge >= 0.3 is 5.97 Å². The van der Waals surface area contributed by atoms with E-state index in [9.17, 15) is 9.18 Å². The first-order valence-electron chi connectivity index (χ1n) is 4.29. The number of ether oxygens (including phenoxy) is 1. The second-order valence-electron chi connectivity index (χ2n) is 2.90. The van der Waals surface area contributed by atoms with E-state index in [1.807, 2.05) is 0 Å². The lowest BCUT2D eigenvalue weighted by molar-refractivity contribution is 0.0525. The van der Waals surface area contributed by atoms with Crippen molar-refractivity contribution < 1.29 is 13.9 Å². The number of nitrogen functional groups attached to an aromatic ring is 1. The molecule has 0 bridgehead atoms. The van der Waals surface area contributed by atoms with Crippen molar-refractivity contribution in [2.75, 3.05) is 12.3 Å². The molecule has 1 aromatic rings. The van der Waals surface area contributed by atoms with Gasteiger partial charge in [-0.15, -0.1) is 0 Å². The standard InChI is InChI=1S/C10H12FNO2/c1-3-14-10(13)8-4-7(12)5-9(11)6(8)2/h4-5H,3,12H2,1-2H3. The number of hydrogen-bond donors (Lipinski definition) is 1. The summed E-state index contributed by atoms with van der Waals surface area (Å²) >= 11 is 0. The molecule has 0 saturated heterocycles. The first-order chi connectivity index (χ1) is 6.56. The van der Waals surface area contributed by atoms with Crippen LogP contribution in [0.15, 0.2) is 12.1 Å². The summed E-state index contributed by atoms with van der Waals surface area (Å²) in [6, 6.07) is 2.59. The number of nitrogens with two attached hydrogens (primary N) is 1. The lowest BCUT2D eigenvalue weighted by Gasteiger charge is -2.07. The SMILES string of the molecule is CCOC(=O)c1cc(N)cc(F)c1C. The first kappa shape index (κ1) is 10.5. The molecule has 0 aliphatic heterocycles. The molecule has 0 spiro atoms. The van der Waals surface area contributed by atoms with Gasteiger partial charge in [0.05, 0.1) is 12.2 Å². The van der Waals surface area contributed by atoms with Gasteiger partial charge in [0.2, 0.25) is 0 Å². The highest BCUT2D eigenvalue weighted by Crippen LogP contribution is 2.17. The number of halogens is 1. The van der Waals surface area contributed by atoms with Crippen LogP contribution in [0.4, 0.5) is 10.1 Å². The van der Waals surface area contributed by atoms with Gasteiger partial charge < -0.3 is 10.5 Å². The molecule has 0 aliphatic rings. The monoisotopic (exact) mass is 197 g/mol. The van der Waals surface area contributed by atoms with Crippen LogP contribution < -0.4 is 5.73 Å². The largest absolute Gasteiger partial charge is 0.462 e. The van der Waals surface area contributed by atoms with Crippen molar-refractivity contribution in [3.05, 3.63) is 29.1 Å². The molecule has 0 unspecified atom stereocenters. The third-order valence-electron chi connectivity index (χ3n) is 1.86. The fraction of sp³-hybridized carbons (Fsp3) is 0.300. The zero-order chi connectivity index (χ0) is 10.7. The summed E-state index contributed by atoms with van der Waals surface area (Å²) in [5, 5.41) is 0. The van der Waals surface area contributed by atoms with Crippen molar-refractivity contribution in [1.82, 2.24) is 0 Å². The van der Waals surface area contributed by atoms with Crippen molar-refractivity contribution in [1.29, 1.82) is 0 Å². The van der Waals surface area contributed by atoms with Crippen LogP contribution in [-0.4, -0.2) is 12.6 Å². The third kappa shape index (κ3) is 2.02. The Bertz CT molecular complexity index is 363. The van der Waals surface area contributed by atoms with Gasteiger partial charge in [-0.3, -0.25) is 0 Å². The van der Waals surface area contributed by atoms with Crippen molar-refractivity contribution in [3.8, 4) is 0 Å². The first-order valence-corrected chi connectivity index (χ1v) is 4.29. The number of carbonyl (C=O) groups excluding carboxylic acids is 1. The summed E-state index contributed by atoms with van der Waals surface area (Å²) < 4.78 is 17.9. The van der Waals surface area contributed by atoms with Gasteiger partial charge in [-0.2, -0.15) is 0 Å². The van der Waals surface area contributed by atoms with E-state index < -0.39 is 11.8 Å². The highest BCUT2D eigenvalue weighted by molar-refractivity contribution is 5.92. The minimum absolute atomic E-state index is 0.185. The minimum atomic E-state index is -0.545. The van der Waals surface area contributed by atoms with Gasteiger partial charge in [-0.05, 0) is 31.5 Å². The summed E-state index contributed by atoms with van der Waals surface area (Å²) in [5.74, 6) is -1.04. The maximum Gasteiger partial charge on any atom is 0.338 e. The summed E-state index contributed by atoms with van der Waals surface area (Å²) in [6.45, 7) is 3.46. The maximum absolute atomic E-state index is 13.2. The molecule has 0 aromatic heterocycles. The number of anilines is 1. The maximum atomic E-state index is 13.2. The fourth-order valence-corrected chi connectivity index (χ4v) is 1.12. The zero-order valence-corrected chi connectivity index (χ0v) is 8.13. The average Bonchev–Trinajstić information content (AvgIpc) is 2.11. The normalized spacial score (nSPS) is 9.93. The number of benzene rings is 1. The summed E-state index contributed by atoms with van der Waals surface area (Å²) in [6.07, 6.45) is 0. The smallest absolute Gasteiger partial charge is 0.338 e. The van der Waals surface area contributed by atoms with Crippen molar-refractivity contribution in [2.45, 2.75) is 13.8 Å². The molecule has 0 aliphatic carbocycles. The van der Waals surface area contributed by atoms with Crippen LogP contribution in [0.2, 0.25) is 0 Å². The Morgan fingerprint density at radius 2 is 2.21 bits per heavy atom. The minimum Gasteiger partial charge on any atom is -0.462 e. The topological polar surface area (TPSA) is 52.3 Å². The summed E-state index contributed by atoms with van der Waals surface area (Å²) in [5.41, 5.74) is 6.08. The molecule has 3 nitrogen and oxygen atoms in total. The van der Waals surface area contributed by atoms with Crippen LogP contribution in [0.5, 0.6) is 0 Å². The molecule has 14 heavy (non-hydrogen) atoms. The number of hydrogen-bond acceptors (Lipinski definition) is 3. The van der Waals surface area contributed by atoms with Crippen LogP contribution in [0.1, 0.15) is 22.8 Å². The number of rotatable bonds is 2. The fourth-order valence-electron chi connectivity index (χ4n) is 1.12. The molecule has 0 heterocycles. The van der Waals surface area contributed by atoms with E-state index in [2.05, 4.69) is 0 Å². The second kappa shape index (κ2) is 4.09. The Kier molecular flexibility index (Phi) is 3.06. The molecular formula is C10H12FNO2. The predicted molar refractivity (Wildman–Crippen MR) is 51.5 cm³/mol. The quantitative estimate of drug-likeness (QED) is 0.581. The van der Waals surface area contributed by atoms with Gasteiger partial charge in [0.15, 0.2) is 0 Å². The molecule has 0 saturated carbocycles. The molecule has 0 fully saturated rings. The Balaban J connectivity index is 3.13. The lowest BCUT2D eigenvalue weighted by atomic mass is 10.1. The van der Waals surface area contributed by atoms with Crippen molar-refractivity contribution in [2.24, 2.45) is 0 Å². The van der Waals surface area contributed by atoms with Gasteiger partial charge in [0, 0.05) is 5.69 Å². The van der Waals surface area contributed by atoms with Crippen LogP contribution in [0.25, 0.3) is 0 Å². The van der Waals surface area contributed by atoms with Crippen LogP contribution in [-0.2, 0) is 4.74 Å². The Morgan fingerprint density at radius 1 is 1.57 bits per heavy atom. The van der Waals surface area contributed by atoms with Gasteiger partial charge in [0.1, 0.15) is 5.82 Å². The molecular weight excluding hydrogens is 185 g/mol. The zero-order valence-electron chi connectivity index (χ0n) is 8.13. The number of carbonyl (C=O) groups is 1. The highest BCUT2D eigenvalue weighted by Gasteiger charge is 2.13. The second-order valence-corrected chi connectivity index (χ2v) is 2.90. The number of esters is 1. The van der Waals surface area contributed by atoms with Crippen molar-refractivity contribution in [3.63, 3.8) is 0 Å². The Labute approximate surface area is 81.7 Å². The van der Waals surface area contributed by atoms with Gasteiger partial charge in [-0.1, -0.05) is 0 Å². The molecule has 1 rings (SSSR count). The average molecular weight is 197 g/mol.